The lowest BCUT2D eigenvalue weighted by Gasteiger charge is -2.04. The molecule has 0 spiro atoms. The Morgan fingerprint density at radius 2 is 1.21 bits per heavy atom. The van der Waals surface area contributed by atoms with Gasteiger partial charge in [-0.2, -0.15) is 0 Å². The van der Waals surface area contributed by atoms with Crippen LogP contribution in [-0.4, -0.2) is 13.1 Å². The second-order valence-corrected chi connectivity index (χ2v) is 5.67. The molecule has 0 aromatic carbocycles. The molecule has 0 rings (SSSR count). The Morgan fingerprint density at radius 3 is 1.63 bits per heavy atom. The summed E-state index contributed by atoms with van der Waals surface area (Å²) in [6.45, 7) is 10.4. The van der Waals surface area contributed by atoms with Gasteiger partial charge >= 0.3 is 0 Å². The maximum atomic E-state index is 3.89. The van der Waals surface area contributed by atoms with Gasteiger partial charge < -0.3 is 5.32 Å². The Labute approximate surface area is 128 Å². The van der Waals surface area contributed by atoms with E-state index < -0.39 is 0 Å². The van der Waals surface area contributed by atoms with Crippen LogP contribution >= 0.6 is 12.4 Å². The van der Waals surface area contributed by atoms with Crippen LogP contribution < -0.4 is 5.32 Å². The molecule has 0 aromatic heterocycles. The summed E-state index contributed by atoms with van der Waals surface area (Å²) in [5.41, 5.74) is 1.23. The molecule has 0 aliphatic carbocycles. The van der Waals surface area contributed by atoms with Crippen molar-refractivity contribution in [3.8, 4) is 0 Å². The summed E-state index contributed by atoms with van der Waals surface area (Å²) in [4.78, 5) is 0. The van der Waals surface area contributed by atoms with E-state index in [4.69, 9.17) is 0 Å². The van der Waals surface area contributed by atoms with E-state index >= 15 is 0 Å². The zero-order valence-corrected chi connectivity index (χ0v) is 14.1. The molecule has 0 fully saturated rings. The number of hydrogen-bond acceptors (Lipinski definition) is 1. The lowest BCUT2D eigenvalue weighted by molar-refractivity contribution is 0.542. The predicted octanol–water partition coefficient (Wildman–Crippen LogP) is 5.88. The lowest BCUT2D eigenvalue weighted by atomic mass is 10.1. The molecule has 19 heavy (non-hydrogen) atoms. The van der Waals surface area contributed by atoms with Crippen molar-refractivity contribution in [2.24, 2.45) is 0 Å². The van der Waals surface area contributed by atoms with Gasteiger partial charge in [0, 0.05) is 6.54 Å². The summed E-state index contributed by atoms with van der Waals surface area (Å²) in [6.07, 6.45) is 15.6. The molecule has 0 saturated carbocycles. The zero-order chi connectivity index (χ0) is 13.5. The molecule has 1 N–H and O–H groups in total. The number of hydrogen-bond donors (Lipinski definition) is 1. The third-order valence-electron chi connectivity index (χ3n) is 3.38. The first-order chi connectivity index (χ1) is 8.77. The molecular weight excluding hydrogens is 254 g/mol. The predicted molar refractivity (Wildman–Crippen MR) is 91.4 cm³/mol. The van der Waals surface area contributed by atoms with Crippen LogP contribution in [0.3, 0.4) is 0 Å². The third kappa shape index (κ3) is 20.5. The first kappa shape index (κ1) is 21.3. The van der Waals surface area contributed by atoms with Crippen LogP contribution in [-0.2, 0) is 0 Å². The number of rotatable bonds is 14. The van der Waals surface area contributed by atoms with Crippen molar-refractivity contribution < 1.29 is 0 Å². The van der Waals surface area contributed by atoms with Crippen molar-refractivity contribution in [2.45, 2.75) is 84.5 Å². The number of nitrogens with one attached hydrogen (secondary N) is 1. The van der Waals surface area contributed by atoms with Gasteiger partial charge in [-0.25, -0.2) is 0 Å². The van der Waals surface area contributed by atoms with Crippen molar-refractivity contribution in [2.75, 3.05) is 13.1 Å². The molecule has 1 nitrogen and oxygen atoms in total. The molecule has 0 amide bonds. The minimum atomic E-state index is 0. The summed E-state index contributed by atoms with van der Waals surface area (Å²) in [7, 11) is 0. The molecule has 0 unspecified atom stereocenters. The Bertz CT molecular complexity index is 180. The Balaban J connectivity index is 0. The first-order valence-electron chi connectivity index (χ1n) is 8.12. The van der Waals surface area contributed by atoms with Crippen molar-refractivity contribution >= 4 is 12.4 Å². The highest BCUT2D eigenvalue weighted by atomic mass is 35.5. The fourth-order valence-corrected chi connectivity index (χ4v) is 2.22. The van der Waals surface area contributed by atoms with Gasteiger partial charge in [0.2, 0.25) is 0 Å². The molecule has 116 valence electrons. The van der Waals surface area contributed by atoms with Crippen LogP contribution in [0, 0.1) is 0 Å². The van der Waals surface area contributed by atoms with E-state index in [-0.39, 0.29) is 12.4 Å². The Kier molecular flexibility index (Phi) is 20.2. The van der Waals surface area contributed by atoms with Gasteiger partial charge in [-0.1, -0.05) is 83.3 Å². The van der Waals surface area contributed by atoms with Gasteiger partial charge in [-0.3, -0.25) is 0 Å². The van der Waals surface area contributed by atoms with E-state index in [2.05, 4.69) is 25.7 Å². The van der Waals surface area contributed by atoms with Crippen LogP contribution in [0.2, 0.25) is 0 Å². The first-order valence-corrected chi connectivity index (χ1v) is 8.12. The van der Waals surface area contributed by atoms with Gasteiger partial charge in [0.15, 0.2) is 0 Å². The van der Waals surface area contributed by atoms with Gasteiger partial charge in [0.25, 0.3) is 0 Å². The third-order valence-corrected chi connectivity index (χ3v) is 3.38. The minimum absolute atomic E-state index is 0. The zero-order valence-electron chi connectivity index (χ0n) is 13.3. The molecule has 2 heteroatoms. The SMILES string of the molecule is C=C(C)CNCCCCCCCCCCCCC.Cl. The molecule has 0 radical (unpaired) electrons. The molecule has 0 saturated heterocycles. The van der Waals surface area contributed by atoms with E-state index in [1.165, 1.54) is 76.2 Å². The average Bonchev–Trinajstić information content (AvgIpc) is 2.34. The highest BCUT2D eigenvalue weighted by Crippen LogP contribution is 2.10. The Morgan fingerprint density at radius 1 is 0.789 bits per heavy atom. The van der Waals surface area contributed by atoms with Crippen molar-refractivity contribution in [3.05, 3.63) is 12.2 Å². The summed E-state index contributed by atoms with van der Waals surface area (Å²) < 4.78 is 0. The van der Waals surface area contributed by atoms with Crippen molar-refractivity contribution in [3.63, 3.8) is 0 Å². The number of halogens is 1. The molecule has 0 aliphatic heterocycles. The van der Waals surface area contributed by atoms with Gasteiger partial charge in [0.1, 0.15) is 0 Å². The topological polar surface area (TPSA) is 12.0 Å². The lowest BCUT2D eigenvalue weighted by Crippen LogP contribution is -2.16. The van der Waals surface area contributed by atoms with E-state index in [0.29, 0.717) is 0 Å². The summed E-state index contributed by atoms with van der Waals surface area (Å²) >= 11 is 0. The number of unbranched alkanes of at least 4 members (excludes halogenated alkanes) is 10. The highest BCUT2D eigenvalue weighted by molar-refractivity contribution is 5.85. The fourth-order valence-electron chi connectivity index (χ4n) is 2.22. The van der Waals surface area contributed by atoms with Crippen LogP contribution in [0.15, 0.2) is 12.2 Å². The maximum Gasteiger partial charge on any atom is 0.0159 e. The van der Waals surface area contributed by atoms with E-state index in [0.717, 1.165) is 13.1 Å². The van der Waals surface area contributed by atoms with Gasteiger partial charge in [0.05, 0.1) is 0 Å². The van der Waals surface area contributed by atoms with Crippen LogP contribution in [0.4, 0.5) is 0 Å². The van der Waals surface area contributed by atoms with E-state index in [1.807, 2.05) is 0 Å². The molecule has 0 aromatic rings. The van der Waals surface area contributed by atoms with Crippen LogP contribution in [0.5, 0.6) is 0 Å². The van der Waals surface area contributed by atoms with E-state index in [1.54, 1.807) is 0 Å². The monoisotopic (exact) mass is 289 g/mol. The minimum Gasteiger partial charge on any atom is -0.313 e. The molecule has 0 bridgehead atoms. The van der Waals surface area contributed by atoms with Crippen molar-refractivity contribution in [1.29, 1.82) is 0 Å². The van der Waals surface area contributed by atoms with Crippen molar-refractivity contribution in [1.82, 2.24) is 5.32 Å². The molecule has 0 aliphatic rings. The molecule has 0 heterocycles. The second kappa shape index (κ2) is 18.0. The summed E-state index contributed by atoms with van der Waals surface area (Å²) in [5.74, 6) is 0. The highest BCUT2D eigenvalue weighted by Gasteiger charge is 1.93. The smallest absolute Gasteiger partial charge is 0.0159 e. The largest absolute Gasteiger partial charge is 0.313 e. The quantitative estimate of drug-likeness (QED) is 0.311. The molecule has 0 atom stereocenters. The van der Waals surface area contributed by atoms with Gasteiger partial charge in [-0.15, -0.1) is 12.4 Å². The normalized spacial score (nSPS) is 10.2. The average molecular weight is 290 g/mol. The van der Waals surface area contributed by atoms with Crippen LogP contribution in [0.25, 0.3) is 0 Å². The Hall–Kier alpha value is -0.0100. The second-order valence-electron chi connectivity index (χ2n) is 5.67. The fraction of sp³-hybridized carbons (Fsp3) is 0.882. The molecular formula is C17H36ClN. The van der Waals surface area contributed by atoms with E-state index in [9.17, 15) is 0 Å². The standard InChI is InChI=1S/C17H35N.ClH/c1-4-5-6-7-8-9-10-11-12-13-14-15-18-16-17(2)3;/h18H,2,4-16H2,1,3H3;1H. The maximum absolute atomic E-state index is 3.89. The summed E-state index contributed by atoms with van der Waals surface area (Å²) in [6, 6.07) is 0. The van der Waals surface area contributed by atoms with Gasteiger partial charge in [-0.05, 0) is 19.9 Å². The van der Waals surface area contributed by atoms with Crippen LogP contribution in [0.1, 0.15) is 84.5 Å². The summed E-state index contributed by atoms with van der Waals surface area (Å²) in [5, 5.41) is 3.42.